The summed E-state index contributed by atoms with van der Waals surface area (Å²) in [5, 5.41) is 0.149. The summed E-state index contributed by atoms with van der Waals surface area (Å²) in [6.45, 7) is 7.84. The van der Waals surface area contributed by atoms with Gasteiger partial charge in [-0.05, 0) is 57.4 Å². The molecule has 1 fully saturated rings. The van der Waals surface area contributed by atoms with Gasteiger partial charge in [-0.1, -0.05) is 35.9 Å². The van der Waals surface area contributed by atoms with Crippen molar-refractivity contribution in [1.29, 1.82) is 0 Å². The maximum atomic E-state index is 12.7. The van der Waals surface area contributed by atoms with Crippen LogP contribution in [0, 0.1) is 0 Å². The van der Waals surface area contributed by atoms with Gasteiger partial charge >= 0.3 is 7.12 Å². The van der Waals surface area contributed by atoms with Crippen LogP contribution in [0.15, 0.2) is 58.3 Å². The Bertz CT molecular complexity index is 879. The molecular formula is C18H20BClO4S. The lowest BCUT2D eigenvalue weighted by molar-refractivity contribution is 0.00578. The summed E-state index contributed by atoms with van der Waals surface area (Å²) in [5.41, 5.74) is -0.256. The van der Waals surface area contributed by atoms with Crippen LogP contribution in [-0.2, 0) is 19.1 Å². The normalized spacial score (nSPS) is 19.2. The second-order valence-electron chi connectivity index (χ2n) is 7.09. The molecule has 0 unspecified atom stereocenters. The quantitative estimate of drug-likeness (QED) is 0.767. The minimum atomic E-state index is -3.67. The lowest BCUT2D eigenvalue weighted by atomic mass is 9.79. The van der Waals surface area contributed by atoms with E-state index in [1.54, 1.807) is 42.5 Å². The van der Waals surface area contributed by atoms with E-state index >= 15 is 0 Å². The average Bonchev–Trinajstić information content (AvgIpc) is 2.76. The summed E-state index contributed by atoms with van der Waals surface area (Å²) in [6.07, 6.45) is 0. The summed E-state index contributed by atoms with van der Waals surface area (Å²) >= 11 is 6.29. The second-order valence-corrected chi connectivity index (χ2v) is 9.42. The van der Waals surface area contributed by atoms with Crippen molar-refractivity contribution in [3.05, 3.63) is 53.6 Å². The third-order valence-corrected chi connectivity index (χ3v) is 7.08. The van der Waals surface area contributed by atoms with Crippen LogP contribution in [0.25, 0.3) is 0 Å². The van der Waals surface area contributed by atoms with E-state index in [1.807, 2.05) is 27.7 Å². The van der Waals surface area contributed by atoms with E-state index in [4.69, 9.17) is 20.9 Å². The van der Waals surface area contributed by atoms with Crippen LogP contribution in [0.4, 0.5) is 0 Å². The second kappa shape index (κ2) is 6.13. The third-order valence-electron chi connectivity index (χ3n) is 4.82. The number of sulfone groups is 1. The maximum Gasteiger partial charge on any atom is 0.494 e. The summed E-state index contributed by atoms with van der Waals surface area (Å²) < 4.78 is 37.5. The first kappa shape index (κ1) is 18.5. The van der Waals surface area contributed by atoms with Gasteiger partial charge < -0.3 is 9.31 Å². The SMILES string of the molecule is CC1(C)OB(c2ccc(S(=O)(=O)c3ccccc3)c(Cl)c2)OC1(C)C. The van der Waals surface area contributed by atoms with Gasteiger partial charge in [0.1, 0.15) is 0 Å². The van der Waals surface area contributed by atoms with E-state index in [0.717, 1.165) is 0 Å². The largest absolute Gasteiger partial charge is 0.494 e. The molecule has 2 aromatic carbocycles. The van der Waals surface area contributed by atoms with Crippen LogP contribution in [0.3, 0.4) is 0 Å². The lowest BCUT2D eigenvalue weighted by Crippen LogP contribution is -2.41. The predicted octanol–water partition coefficient (Wildman–Crippen LogP) is 3.47. The van der Waals surface area contributed by atoms with Gasteiger partial charge in [0.05, 0.1) is 26.0 Å². The molecule has 0 N–H and O–H groups in total. The molecule has 0 amide bonds. The highest BCUT2D eigenvalue weighted by atomic mass is 35.5. The highest BCUT2D eigenvalue weighted by molar-refractivity contribution is 7.91. The minimum Gasteiger partial charge on any atom is -0.399 e. The number of hydrogen-bond donors (Lipinski definition) is 0. The first-order valence-electron chi connectivity index (χ1n) is 8.00. The first-order valence-corrected chi connectivity index (χ1v) is 9.86. The van der Waals surface area contributed by atoms with E-state index in [2.05, 4.69) is 0 Å². The molecule has 0 bridgehead atoms. The standard InChI is InChI=1S/C18H20BClO4S/c1-17(2)18(3,4)24-19(23-17)13-10-11-16(15(20)12-13)25(21,22)14-8-6-5-7-9-14/h5-12H,1-4H3. The van der Waals surface area contributed by atoms with E-state index < -0.39 is 28.2 Å². The lowest BCUT2D eigenvalue weighted by Gasteiger charge is -2.32. The van der Waals surface area contributed by atoms with Crippen molar-refractivity contribution in [2.24, 2.45) is 0 Å². The number of halogens is 1. The Kier molecular flexibility index (Phi) is 4.52. The summed E-state index contributed by atoms with van der Waals surface area (Å²) in [5.74, 6) is 0. The van der Waals surface area contributed by atoms with E-state index in [1.165, 1.54) is 6.07 Å². The topological polar surface area (TPSA) is 52.6 Å². The highest BCUT2D eigenvalue weighted by Gasteiger charge is 2.51. The zero-order chi connectivity index (χ0) is 18.5. The van der Waals surface area contributed by atoms with Gasteiger partial charge in [0.15, 0.2) is 0 Å². The maximum absolute atomic E-state index is 12.7. The molecule has 2 aromatic rings. The molecule has 1 saturated heterocycles. The van der Waals surface area contributed by atoms with E-state index in [-0.39, 0.29) is 14.8 Å². The van der Waals surface area contributed by atoms with Crippen LogP contribution in [0.5, 0.6) is 0 Å². The molecule has 0 saturated carbocycles. The Labute approximate surface area is 154 Å². The first-order chi connectivity index (χ1) is 11.5. The molecule has 4 nitrogen and oxygen atoms in total. The molecule has 1 aliphatic heterocycles. The highest BCUT2D eigenvalue weighted by Crippen LogP contribution is 2.37. The van der Waals surface area contributed by atoms with Crippen molar-refractivity contribution >= 4 is 34.0 Å². The molecule has 132 valence electrons. The third kappa shape index (κ3) is 3.24. The molecule has 7 heteroatoms. The predicted molar refractivity (Wildman–Crippen MR) is 99.1 cm³/mol. The van der Waals surface area contributed by atoms with Crippen LogP contribution >= 0.6 is 11.6 Å². The van der Waals surface area contributed by atoms with Gasteiger partial charge in [-0.3, -0.25) is 0 Å². The van der Waals surface area contributed by atoms with Crippen LogP contribution in [-0.4, -0.2) is 26.7 Å². The smallest absolute Gasteiger partial charge is 0.399 e. The summed E-state index contributed by atoms with van der Waals surface area (Å²) in [7, 11) is -4.26. The van der Waals surface area contributed by atoms with Crippen molar-refractivity contribution in [2.45, 2.75) is 48.7 Å². The summed E-state index contributed by atoms with van der Waals surface area (Å²) in [4.78, 5) is 0.279. The zero-order valence-electron chi connectivity index (χ0n) is 14.6. The van der Waals surface area contributed by atoms with Crippen LogP contribution < -0.4 is 5.46 Å². The molecule has 1 aliphatic rings. The Hall–Kier alpha value is -1.34. The van der Waals surface area contributed by atoms with Crippen LogP contribution in [0.2, 0.25) is 5.02 Å². The van der Waals surface area contributed by atoms with Gasteiger partial charge in [0.2, 0.25) is 9.84 Å². The van der Waals surface area contributed by atoms with Gasteiger partial charge in [0.25, 0.3) is 0 Å². The number of hydrogen-bond acceptors (Lipinski definition) is 4. The fourth-order valence-corrected chi connectivity index (χ4v) is 4.41. The number of benzene rings is 2. The Morgan fingerprint density at radius 1 is 0.920 bits per heavy atom. The Morgan fingerprint density at radius 3 is 2.00 bits per heavy atom. The monoisotopic (exact) mass is 378 g/mol. The molecular weight excluding hydrogens is 359 g/mol. The van der Waals surface area contributed by atoms with Crippen molar-refractivity contribution in [1.82, 2.24) is 0 Å². The summed E-state index contributed by atoms with van der Waals surface area (Å²) in [6, 6.07) is 13.0. The van der Waals surface area contributed by atoms with Crippen molar-refractivity contribution in [3.63, 3.8) is 0 Å². The Balaban J connectivity index is 1.96. The molecule has 1 heterocycles. The van der Waals surface area contributed by atoms with Crippen molar-refractivity contribution in [3.8, 4) is 0 Å². The van der Waals surface area contributed by atoms with Crippen LogP contribution in [0.1, 0.15) is 27.7 Å². The molecule has 0 atom stereocenters. The molecule has 0 spiro atoms. The van der Waals surface area contributed by atoms with Crippen molar-refractivity contribution in [2.75, 3.05) is 0 Å². The average molecular weight is 379 g/mol. The van der Waals surface area contributed by atoms with Gasteiger partial charge in [0, 0.05) is 0 Å². The fraction of sp³-hybridized carbons (Fsp3) is 0.333. The minimum absolute atomic E-state index is 0.0700. The van der Waals surface area contributed by atoms with E-state index in [9.17, 15) is 8.42 Å². The van der Waals surface area contributed by atoms with Gasteiger partial charge in [-0.15, -0.1) is 0 Å². The zero-order valence-corrected chi connectivity index (χ0v) is 16.2. The molecule has 0 aromatic heterocycles. The molecule has 3 rings (SSSR count). The van der Waals surface area contributed by atoms with Gasteiger partial charge in [-0.2, -0.15) is 0 Å². The fourth-order valence-electron chi connectivity index (χ4n) is 2.59. The number of rotatable bonds is 3. The van der Waals surface area contributed by atoms with E-state index in [0.29, 0.717) is 5.46 Å². The molecule has 0 aliphatic carbocycles. The Morgan fingerprint density at radius 2 is 1.48 bits per heavy atom. The molecule has 0 radical (unpaired) electrons. The molecule has 25 heavy (non-hydrogen) atoms. The van der Waals surface area contributed by atoms with Gasteiger partial charge in [-0.25, -0.2) is 8.42 Å². The van der Waals surface area contributed by atoms with Crippen molar-refractivity contribution < 1.29 is 17.7 Å².